The maximum absolute atomic E-state index is 6.05. The molecule has 0 amide bonds. The average molecular weight is 286 g/mol. The molecular weight excluding hydrogens is 260 g/mol. The molecule has 2 aromatic rings. The molecule has 0 saturated carbocycles. The summed E-state index contributed by atoms with van der Waals surface area (Å²) >= 11 is 0. The van der Waals surface area contributed by atoms with E-state index < -0.39 is 0 Å². The Morgan fingerprint density at radius 1 is 1.05 bits per heavy atom. The Kier molecular flexibility index (Phi) is 4.24. The van der Waals surface area contributed by atoms with E-state index in [-0.39, 0.29) is 11.1 Å². The maximum atomic E-state index is 6.05. The van der Waals surface area contributed by atoms with Gasteiger partial charge in [0.05, 0.1) is 5.69 Å². The van der Waals surface area contributed by atoms with Crippen LogP contribution < -0.4 is 10.1 Å². The van der Waals surface area contributed by atoms with E-state index in [0.29, 0.717) is 5.88 Å². The zero-order valence-electron chi connectivity index (χ0n) is 13.9. The van der Waals surface area contributed by atoms with Crippen LogP contribution in [0, 0.1) is 0 Å². The number of ether oxygens (including phenoxy) is 1. The molecule has 0 bridgehead atoms. The number of fused-ring (bicyclic) bond motifs is 1. The summed E-state index contributed by atoms with van der Waals surface area (Å²) in [6.45, 7) is 13.3. The van der Waals surface area contributed by atoms with Crippen molar-refractivity contribution in [2.75, 3.05) is 0 Å². The van der Waals surface area contributed by atoms with Crippen molar-refractivity contribution < 1.29 is 4.74 Å². The van der Waals surface area contributed by atoms with E-state index in [0.717, 1.165) is 23.0 Å². The van der Waals surface area contributed by atoms with Gasteiger partial charge in [0.15, 0.2) is 0 Å². The third kappa shape index (κ3) is 4.71. The highest BCUT2D eigenvalue weighted by molar-refractivity contribution is 5.87. The molecule has 114 valence electrons. The summed E-state index contributed by atoms with van der Waals surface area (Å²) in [5.41, 5.74) is 0.812. The van der Waals surface area contributed by atoms with Crippen LogP contribution >= 0.6 is 0 Å². The van der Waals surface area contributed by atoms with Crippen molar-refractivity contribution >= 4 is 10.8 Å². The summed E-state index contributed by atoms with van der Waals surface area (Å²) in [6.07, 6.45) is 0. The van der Waals surface area contributed by atoms with Crippen LogP contribution in [-0.2, 0) is 6.54 Å². The molecule has 0 fully saturated rings. The first-order valence-electron chi connectivity index (χ1n) is 7.47. The SMILES string of the molecule is CC(C)(C)NCc1cc2ccccc2c(OC(C)(C)C)n1. The van der Waals surface area contributed by atoms with Crippen molar-refractivity contribution in [3.8, 4) is 5.88 Å². The average Bonchev–Trinajstić information content (AvgIpc) is 2.34. The number of hydrogen-bond donors (Lipinski definition) is 1. The molecule has 1 N–H and O–H groups in total. The van der Waals surface area contributed by atoms with Gasteiger partial charge in [0.2, 0.25) is 5.88 Å². The van der Waals surface area contributed by atoms with Gasteiger partial charge < -0.3 is 10.1 Å². The predicted molar refractivity (Wildman–Crippen MR) is 88.7 cm³/mol. The fourth-order valence-electron chi connectivity index (χ4n) is 2.03. The van der Waals surface area contributed by atoms with Crippen molar-refractivity contribution in [2.24, 2.45) is 0 Å². The largest absolute Gasteiger partial charge is 0.471 e. The molecular formula is C18H26N2O. The lowest BCUT2D eigenvalue weighted by molar-refractivity contribution is 0.126. The molecule has 1 aromatic carbocycles. The van der Waals surface area contributed by atoms with Crippen molar-refractivity contribution in [3.63, 3.8) is 0 Å². The molecule has 0 aliphatic rings. The van der Waals surface area contributed by atoms with Gasteiger partial charge in [0, 0.05) is 17.5 Å². The molecule has 0 aliphatic heterocycles. The van der Waals surface area contributed by atoms with Crippen molar-refractivity contribution in [3.05, 3.63) is 36.0 Å². The molecule has 2 rings (SSSR count). The first kappa shape index (κ1) is 15.8. The van der Waals surface area contributed by atoms with Crippen LogP contribution in [0.3, 0.4) is 0 Å². The maximum Gasteiger partial charge on any atom is 0.222 e. The molecule has 0 atom stereocenters. The van der Waals surface area contributed by atoms with Gasteiger partial charge in [-0.05, 0) is 59.1 Å². The van der Waals surface area contributed by atoms with Gasteiger partial charge in [-0.3, -0.25) is 0 Å². The van der Waals surface area contributed by atoms with Crippen LogP contribution in [-0.4, -0.2) is 16.1 Å². The van der Waals surface area contributed by atoms with E-state index in [1.54, 1.807) is 0 Å². The Hall–Kier alpha value is -1.61. The molecule has 3 heteroatoms. The molecule has 0 radical (unpaired) electrons. The van der Waals surface area contributed by atoms with Crippen LogP contribution in [0.4, 0.5) is 0 Å². The fourth-order valence-corrected chi connectivity index (χ4v) is 2.03. The number of pyridine rings is 1. The minimum absolute atomic E-state index is 0.0678. The smallest absolute Gasteiger partial charge is 0.222 e. The van der Waals surface area contributed by atoms with Gasteiger partial charge in [-0.1, -0.05) is 18.2 Å². The van der Waals surface area contributed by atoms with E-state index in [1.165, 1.54) is 0 Å². The minimum Gasteiger partial charge on any atom is -0.471 e. The third-order valence-electron chi connectivity index (χ3n) is 2.96. The van der Waals surface area contributed by atoms with E-state index in [2.05, 4.69) is 44.3 Å². The topological polar surface area (TPSA) is 34.1 Å². The van der Waals surface area contributed by atoms with Gasteiger partial charge in [-0.2, -0.15) is 0 Å². The lowest BCUT2D eigenvalue weighted by Crippen LogP contribution is -2.35. The highest BCUT2D eigenvalue weighted by atomic mass is 16.5. The number of nitrogens with zero attached hydrogens (tertiary/aromatic N) is 1. The molecule has 1 aromatic heterocycles. The summed E-state index contributed by atoms with van der Waals surface area (Å²) < 4.78 is 6.05. The van der Waals surface area contributed by atoms with E-state index in [9.17, 15) is 0 Å². The van der Waals surface area contributed by atoms with Crippen molar-refractivity contribution in [1.82, 2.24) is 10.3 Å². The van der Waals surface area contributed by atoms with Crippen LogP contribution in [0.1, 0.15) is 47.2 Å². The van der Waals surface area contributed by atoms with Gasteiger partial charge in [-0.15, -0.1) is 0 Å². The standard InChI is InChI=1S/C18H26N2O/c1-17(2,3)19-12-14-11-13-9-7-8-10-15(13)16(20-14)21-18(4,5)6/h7-11,19H,12H2,1-6H3. The predicted octanol–water partition coefficient (Wildman–Crippen LogP) is 4.30. The van der Waals surface area contributed by atoms with Gasteiger partial charge in [-0.25, -0.2) is 4.98 Å². The number of hydrogen-bond acceptors (Lipinski definition) is 3. The van der Waals surface area contributed by atoms with E-state index in [4.69, 9.17) is 9.72 Å². The molecule has 1 heterocycles. The zero-order chi connectivity index (χ0) is 15.7. The number of rotatable bonds is 3. The molecule has 0 spiro atoms. The summed E-state index contributed by atoms with van der Waals surface area (Å²) in [5, 5.41) is 5.70. The Labute approximate surface area is 127 Å². The monoisotopic (exact) mass is 286 g/mol. The second-order valence-electron chi connectivity index (χ2n) is 7.46. The Bertz CT molecular complexity index is 621. The van der Waals surface area contributed by atoms with E-state index in [1.807, 2.05) is 32.9 Å². The highest BCUT2D eigenvalue weighted by Gasteiger charge is 2.17. The van der Waals surface area contributed by atoms with Crippen LogP contribution in [0.5, 0.6) is 5.88 Å². The van der Waals surface area contributed by atoms with Crippen molar-refractivity contribution in [2.45, 2.75) is 59.2 Å². The Morgan fingerprint density at radius 3 is 2.33 bits per heavy atom. The Balaban J connectivity index is 2.39. The molecule has 0 unspecified atom stereocenters. The fraction of sp³-hybridized carbons (Fsp3) is 0.500. The summed E-state index contributed by atoms with van der Waals surface area (Å²) in [4.78, 5) is 4.70. The number of aromatic nitrogens is 1. The molecule has 3 nitrogen and oxygen atoms in total. The lowest BCUT2D eigenvalue weighted by atomic mass is 10.1. The summed E-state index contributed by atoms with van der Waals surface area (Å²) in [6, 6.07) is 10.4. The quantitative estimate of drug-likeness (QED) is 0.913. The zero-order valence-corrected chi connectivity index (χ0v) is 13.9. The van der Waals surface area contributed by atoms with Gasteiger partial charge >= 0.3 is 0 Å². The normalized spacial score (nSPS) is 12.7. The lowest BCUT2D eigenvalue weighted by Gasteiger charge is -2.23. The molecule has 21 heavy (non-hydrogen) atoms. The van der Waals surface area contributed by atoms with Crippen LogP contribution in [0.25, 0.3) is 10.8 Å². The summed E-state index contributed by atoms with van der Waals surface area (Å²) in [7, 11) is 0. The Morgan fingerprint density at radius 2 is 1.71 bits per heavy atom. The molecule has 0 saturated heterocycles. The van der Waals surface area contributed by atoms with E-state index >= 15 is 0 Å². The second-order valence-corrected chi connectivity index (χ2v) is 7.46. The first-order chi connectivity index (χ1) is 9.64. The first-order valence-corrected chi connectivity index (χ1v) is 7.47. The van der Waals surface area contributed by atoms with Crippen molar-refractivity contribution in [1.29, 1.82) is 0 Å². The van der Waals surface area contributed by atoms with Gasteiger partial charge in [0.25, 0.3) is 0 Å². The van der Waals surface area contributed by atoms with Gasteiger partial charge in [0.1, 0.15) is 5.60 Å². The highest BCUT2D eigenvalue weighted by Crippen LogP contribution is 2.27. The number of nitrogens with one attached hydrogen (secondary N) is 1. The molecule has 0 aliphatic carbocycles. The van der Waals surface area contributed by atoms with Crippen LogP contribution in [0.15, 0.2) is 30.3 Å². The summed E-state index contributed by atoms with van der Waals surface area (Å²) in [5.74, 6) is 0.714. The second kappa shape index (κ2) is 5.64. The minimum atomic E-state index is -0.258. The number of benzene rings is 1. The van der Waals surface area contributed by atoms with Crippen LogP contribution in [0.2, 0.25) is 0 Å². The third-order valence-corrected chi connectivity index (χ3v) is 2.96.